The summed E-state index contributed by atoms with van der Waals surface area (Å²) in [5.41, 5.74) is 2.79. The van der Waals surface area contributed by atoms with Gasteiger partial charge in [-0.1, -0.05) is 6.08 Å². The van der Waals surface area contributed by atoms with E-state index in [4.69, 9.17) is 28.4 Å². The molecule has 1 spiro atoms. The predicted molar refractivity (Wildman–Crippen MR) is 205 cm³/mol. The molecule has 9 atom stereocenters. The second-order valence-corrected chi connectivity index (χ2v) is 17.3. The van der Waals surface area contributed by atoms with Crippen molar-refractivity contribution in [1.29, 1.82) is 0 Å². The third-order valence-electron chi connectivity index (χ3n) is 13.3. The molecule has 12 rings (SSSR count). The van der Waals surface area contributed by atoms with Crippen molar-refractivity contribution in [3.63, 3.8) is 0 Å². The molecule has 4 N–H and O–H groups in total. The maximum Gasteiger partial charge on any atom is 0.333 e. The predicted octanol–water partition coefficient (Wildman–Crippen LogP) is 4.25. The lowest BCUT2D eigenvalue weighted by molar-refractivity contribution is -0.214. The number of likely N-dealkylation sites (N-methyl/N-ethyl adjacent to an activating group) is 1. The number of carbonyl (C=O) groups excluding carboxylic acids is 2. The van der Waals surface area contributed by atoms with Gasteiger partial charge < -0.3 is 43.6 Å². The summed E-state index contributed by atoms with van der Waals surface area (Å²) in [7, 11) is 5.19. The molecule has 9 aliphatic rings. The smallest absolute Gasteiger partial charge is 0.333 e. The molecule has 3 aromatic rings. The Morgan fingerprint density at radius 1 is 1.09 bits per heavy atom. The first-order chi connectivity index (χ1) is 26.9. The van der Waals surface area contributed by atoms with Crippen LogP contribution in [0.25, 0.3) is 10.9 Å². The summed E-state index contributed by atoms with van der Waals surface area (Å²) in [5, 5.41) is 29.4. The van der Waals surface area contributed by atoms with Crippen LogP contribution < -0.4 is 24.3 Å². The zero-order valence-corrected chi connectivity index (χ0v) is 33.0. The molecular weight excluding hydrogens is 741 g/mol. The average Bonchev–Trinajstić information content (AvgIpc) is 3.76. The number of esters is 2. The zero-order valence-electron chi connectivity index (χ0n) is 32.2. The normalized spacial score (nSPS) is 34.2. The molecule has 6 unspecified atom stereocenters. The van der Waals surface area contributed by atoms with E-state index < -0.39 is 46.5 Å². The van der Waals surface area contributed by atoms with Crippen LogP contribution in [0.2, 0.25) is 0 Å². The monoisotopic (exact) mass is 786 g/mol. The molecule has 8 aliphatic heterocycles. The van der Waals surface area contributed by atoms with Crippen molar-refractivity contribution in [2.45, 2.75) is 68.3 Å². The number of H-pyrrole nitrogens is 1. The third-order valence-corrected chi connectivity index (χ3v) is 14.7. The van der Waals surface area contributed by atoms with Crippen LogP contribution in [0.15, 0.2) is 41.4 Å². The highest BCUT2D eigenvalue weighted by Gasteiger charge is 2.66. The number of piperazine rings is 1. The lowest BCUT2D eigenvalue weighted by atomic mass is 9.73. The summed E-state index contributed by atoms with van der Waals surface area (Å²) in [5.74, 6) is 1.25. The molecule has 14 nitrogen and oxygen atoms in total. The number of carbonyl (C=O) groups is 2. The minimum Gasteiger partial charge on any atom is -0.508 e. The quantitative estimate of drug-likeness (QED) is 0.220. The van der Waals surface area contributed by atoms with Crippen LogP contribution in [0.5, 0.6) is 23.0 Å². The Balaban J connectivity index is 1.22. The summed E-state index contributed by atoms with van der Waals surface area (Å²) in [6.45, 7) is 5.78. The number of benzene rings is 2. The van der Waals surface area contributed by atoms with E-state index in [1.807, 2.05) is 39.1 Å². The number of aliphatic hydroxyl groups excluding tert-OH is 1. The summed E-state index contributed by atoms with van der Waals surface area (Å²) < 4.78 is 36.4. The Kier molecular flexibility index (Phi) is 8.06. The molecule has 9 heterocycles. The third kappa shape index (κ3) is 4.77. The maximum absolute atomic E-state index is 14.9. The van der Waals surface area contributed by atoms with Gasteiger partial charge in [0.1, 0.15) is 29.6 Å². The van der Waals surface area contributed by atoms with Gasteiger partial charge in [0.2, 0.25) is 6.79 Å². The summed E-state index contributed by atoms with van der Waals surface area (Å²) in [4.78, 5) is 35.8. The van der Waals surface area contributed by atoms with Crippen LogP contribution in [0.4, 0.5) is 0 Å². The van der Waals surface area contributed by atoms with Crippen LogP contribution in [0.1, 0.15) is 59.5 Å². The molecule has 56 heavy (non-hydrogen) atoms. The number of ether oxygens (including phenoxy) is 6. The van der Waals surface area contributed by atoms with Gasteiger partial charge in [0, 0.05) is 71.4 Å². The first-order valence-electron chi connectivity index (χ1n) is 19.1. The van der Waals surface area contributed by atoms with Crippen LogP contribution in [-0.4, -0.2) is 108 Å². The number of rotatable bonds is 3. The number of fused-ring (bicyclic) bond motifs is 8. The van der Waals surface area contributed by atoms with Gasteiger partial charge in [-0.2, -0.15) is 0 Å². The minimum atomic E-state index is -1.44. The molecule has 4 fully saturated rings. The molecule has 0 radical (unpaired) electrons. The molecule has 0 saturated carbocycles. The molecule has 1 aliphatic carbocycles. The number of aromatic amines is 1. The number of methoxy groups -OCH3 is 2. The van der Waals surface area contributed by atoms with Gasteiger partial charge in [-0.25, -0.2) is 4.79 Å². The molecule has 4 saturated heterocycles. The number of hydrogen-bond acceptors (Lipinski definition) is 14. The lowest BCUT2D eigenvalue weighted by Crippen LogP contribution is -2.72. The molecule has 1 aromatic heterocycles. The van der Waals surface area contributed by atoms with Gasteiger partial charge in [-0.3, -0.25) is 19.9 Å². The number of nitrogens with one attached hydrogen (secondary N) is 2. The van der Waals surface area contributed by atoms with Crippen molar-refractivity contribution in [3.05, 3.63) is 69.3 Å². The summed E-state index contributed by atoms with van der Waals surface area (Å²) >= 11 is 1.55. The highest BCUT2D eigenvalue weighted by Crippen LogP contribution is 2.64. The Hall–Kier alpha value is -4.41. The molecule has 0 amide bonds. The Labute approximate surface area is 328 Å². The first-order valence-corrected chi connectivity index (χ1v) is 20.2. The van der Waals surface area contributed by atoms with E-state index >= 15 is 0 Å². The number of hydrogen-bond donors (Lipinski definition) is 4. The van der Waals surface area contributed by atoms with Crippen LogP contribution in [0.3, 0.4) is 0 Å². The van der Waals surface area contributed by atoms with Gasteiger partial charge >= 0.3 is 11.9 Å². The topological polar surface area (TPSA) is 164 Å². The number of nitrogens with zero attached hydrogens (tertiary/aromatic N) is 2. The van der Waals surface area contributed by atoms with E-state index in [1.54, 1.807) is 26.0 Å². The van der Waals surface area contributed by atoms with E-state index in [0.29, 0.717) is 53.5 Å². The minimum absolute atomic E-state index is 0.0385. The number of aromatic nitrogens is 1. The van der Waals surface area contributed by atoms with E-state index in [-0.39, 0.29) is 43.4 Å². The van der Waals surface area contributed by atoms with Gasteiger partial charge in [0.15, 0.2) is 22.8 Å². The van der Waals surface area contributed by atoms with Crippen LogP contribution >= 0.6 is 11.8 Å². The van der Waals surface area contributed by atoms with E-state index in [9.17, 15) is 19.8 Å². The van der Waals surface area contributed by atoms with Crippen molar-refractivity contribution in [3.8, 4) is 23.0 Å². The highest BCUT2D eigenvalue weighted by atomic mass is 32.2. The largest absolute Gasteiger partial charge is 0.508 e. The SMILES string of the molecule is COC1=C(O)C2C(C=C1C)CC1(O)CN(C)C2[C@@H]2[C@@H]3SC[C@]4(NCCc5c4[nH]c4ccc(OC)cc54)C(=O)OCC(c4c5c(c(C)c(OC(C)=O)c43)OCO5)N21. The molecule has 2 aromatic carbocycles. The van der Waals surface area contributed by atoms with E-state index in [1.165, 1.54) is 6.92 Å². The first kappa shape index (κ1) is 36.0. The van der Waals surface area contributed by atoms with E-state index in [2.05, 4.69) is 26.2 Å². The fraction of sp³-hybridized carbons (Fsp3) is 0.512. The van der Waals surface area contributed by atoms with Crippen molar-refractivity contribution in [2.75, 3.05) is 53.5 Å². The van der Waals surface area contributed by atoms with Crippen LogP contribution in [0, 0.1) is 18.8 Å². The fourth-order valence-corrected chi connectivity index (χ4v) is 12.9. The van der Waals surface area contributed by atoms with Crippen molar-refractivity contribution in [2.24, 2.45) is 11.8 Å². The lowest BCUT2D eigenvalue weighted by Gasteiger charge is -2.61. The molecule has 4 bridgehead atoms. The summed E-state index contributed by atoms with van der Waals surface area (Å²) in [6, 6.07) is 4.28. The van der Waals surface area contributed by atoms with E-state index in [0.717, 1.165) is 39.0 Å². The number of thioether (sulfide) groups is 1. The van der Waals surface area contributed by atoms with Crippen molar-refractivity contribution in [1.82, 2.24) is 20.1 Å². The number of aliphatic hydroxyl groups is 2. The Morgan fingerprint density at radius 3 is 2.66 bits per heavy atom. The summed E-state index contributed by atoms with van der Waals surface area (Å²) in [6.07, 6.45) is 3.11. The number of allylic oxidation sites excluding steroid dienone is 2. The second-order valence-electron chi connectivity index (χ2n) is 16.2. The zero-order chi connectivity index (χ0) is 39.0. The van der Waals surface area contributed by atoms with Crippen molar-refractivity contribution >= 4 is 34.6 Å². The van der Waals surface area contributed by atoms with Crippen molar-refractivity contribution < 1.29 is 48.2 Å². The van der Waals surface area contributed by atoms with Gasteiger partial charge in [0.05, 0.1) is 31.2 Å². The molecular formula is C41H46N4O10S. The van der Waals surface area contributed by atoms with Gasteiger partial charge in [-0.05, 0) is 69.0 Å². The highest BCUT2D eigenvalue weighted by molar-refractivity contribution is 7.99. The molecule has 296 valence electrons. The Bertz CT molecular complexity index is 2290. The fourth-order valence-electron chi connectivity index (χ4n) is 11.2. The maximum atomic E-state index is 14.9. The van der Waals surface area contributed by atoms with Crippen LogP contribution in [-0.2, 0) is 31.0 Å². The van der Waals surface area contributed by atoms with Gasteiger partial charge in [0.25, 0.3) is 0 Å². The molecule has 15 heteroatoms. The van der Waals surface area contributed by atoms with Gasteiger partial charge in [-0.15, -0.1) is 11.8 Å². The standard InChI is InChI=1S/C41H46N4O10S/c1-18-11-21-13-40(49)15-44(4)30(27(21)32(47)33(18)51-6)31-37-29-28(36-35(53-17-54-36)19(2)34(29)55-20(3)46)26(45(31)40)14-52-39(48)41(16-56-37)38-23(9-10-42-41)24-12-22(50-5)7-8-25(24)43-38/h7-8,11-12,21,26-27,30-31,37,42-43,47,49H,9-10,13-17H2,1-6H3/t21?,26?,27?,30?,31-,37-,40?,41-/m1/s1. The average molecular weight is 787 g/mol. The second kappa shape index (κ2) is 12.5. The Morgan fingerprint density at radius 2 is 1.89 bits per heavy atom.